The number of nitrogens with one attached hydrogen (secondary N) is 1. The Morgan fingerprint density at radius 3 is 2.50 bits per heavy atom. The van der Waals surface area contributed by atoms with Crippen LogP contribution in [0.3, 0.4) is 0 Å². The molecule has 0 aromatic heterocycles. The summed E-state index contributed by atoms with van der Waals surface area (Å²) in [6.07, 6.45) is 4.96. The summed E-state index contributed by atoms with van der Waals surface area (Å²) >= 11 is 5.47. The summed E-state index contributed by atoms with van der Waals surface area (Å²) in [4.78, 5) is 0. The van der Waals surface area contributed by atoms with Crippen LogP contribution in [0, 0.1) is 0 Å². The molecule has 3 heteroatoms. The van der Waals surface area contributed by atoms with Gasteiger partial charge in [0.15, 0.2) is 0 Å². The van der Waals surface area contributed by atoms with Gasteiger partial charge in [-0.1, -0.05) is 28.1 Å². The normalized spacial score (nSPS) is 19.4. The van der Waals surface area contributed by atoms with E-state index in [-0.39, 0.29) is 0 Å². The predicted octanol–water partition coefficient (Wildman–Crippen LogP) is 4.00. The minimum absolute atomic E-state index is 0.442. The summed E-state index contributed by atoms with van der Waals surface area (Å²) in [5.74, 6) is 0. The molecule has 0 aliphatic heterocycles. The molecule has 1 atom stereocenters. The van der Waals surface area contributed by atoms with Gasteiger partial charge in [-0.15, -0.1) is 0 Å². The fourth-order valence-corrected chi connectivity index (χ4v) is 2.80. The highest BCUT2D eigenvalue weighted by Gasteiger charge is 2.41. The van der Waals surface area contributed by atoms with Crippen LogP contribution >= 0.6 is 27.7 Å². The second kappa shape index (κ2) is 5.11. The van der Waals surface area contributed by atoms with E-state index in [1.165, 1.54) is 18.4 Å². The first kappa shape index (κ1) is 12.5. The average molecular weight is 300 g/mol. The molecule has 1 fully saturated rings. The maximum Gasteiger partial charge on any atom is 0.0292 e. The summed E-state index contributed by atoms with van der Waals surface area (Å²) in [6.45, 7) is 3.37. The predicted molar refractivity (Wildman–Crippen MR) is 76.0 cm³/mol. The summed E-state index contributed by atoms with van der Waals surface area (Å²) in [5, 5.41) is 3.64. The lowest BCUT2D eigenvalue weighted by atomic mass is 10.1. The molecule has 88 valence electrons. The van der Waals surface area contributed by atoms with E-state index in [0.717, 1.165) is 11.0 Å². The highest BCUT2D eigenvalue weighted by atomic mass is 79.9. The second-order valence-electron chi connectivity index (χ2n) is 4.54. The van der Waals surface area contributed by atoms with Gasteiger partial charge in [0.1, 0.15) is 0 Å². The van der Waals surface area contributed by atoms with Crippen molar-refractivity contribution >= 4 is 27.7 Å². The van der Waals surface area contributed by atoms with Crippen molar-refractivity contribution in [2.75, 3.05) is 12.8 Å². The van der Waals surface area contributed by atoms with E-state index in [1.807, 2.05) is 11.8 Å². The van der Waals surface area contributed by atoms with E-state index in [4.69, 9.17) is 0 Å². The highest BCUT2D eigenvalue weighted by Crippen LogP contribution is 2.46. The van der Waals surface area contributed by atoms with Crippen LogP contribution < -0.4 is 5.32 Å². The third-order valence-corrected chi connectivity index (χ3v) is 5.29. The molecule has 0 saturated heterocycles. The first-order chi connectivity index (χ1) is 7.65. The van der Waals surface area contributed by atoms with Crippen molar-refractivity contribution in [2.24, 2.45) is 0 Å². The van der Waals surface area contributed by atoms with E-state index < -0.39 is 0 Å². The van der Waals surface area contributed by atoms with Gasteiger partial charge in [0.2, 0.25) is 0 Å². The Morgan fingerprint density at radius 2 is 2.00 bits per heavy atom. The average Bonchev–Trinajstić information content (AvgIpc) is 3.08. The van der Waals surface area contributed by atoms with Gasteiger partial charge >= 0.3 is 0 Å². The summed E-state index contributed by atoms with van der Waals surface area (Å²) in [5.41, 5.74) is 1.36. The zero-order valence-corrected chi connectivity index (χ0v) is 12.2. The number of hydrogen-bond donors (Lipinski definition) is 1. The molecule has 0 radical (unpaired) electrons. The van der Waals surface area contributed by atoms with Crippen LogP contribution in [0.2, 0.25) is 0 Å². The molecular formula is C13H18BrNS. The van der Waals surface area contributed by atoms with Gasteiger partial charge in [-0.3, -0.25) is 0 Å². The van der Waals surface area contributed by atoms with Crippen molar-refractivity contribution < 1.29 is 0 Å². The molecule has 2 rings (SSSR count). The summed E-state index contributed by atoms with van der Waals surface area (Å²) < 4.78 is 1.69. The molecule has 1 unspecified atom stereocenters. The topological polar surface area (TPSA) is 12.0 Å². The van der Waals surface area contributed by atoms with Gasteiger partial charge in [0, 0.05) is 21.8 Å². The van der Waals surface area contributed by atoms with Crippen molar-refractivity contribution in [3.63, 3.8) is 0 Å². The highest BCUT2D eigenvalue weighted by molar-refractivity contribution is 9.10. The molecule has 1 aromatic rings. The molecule has 1 aliphatic rings. The minimum Gasteiger partial charge on any atom is -0.309 e. The Bertz CT molecular complexity index is 345. The molecule has 0 heterocycles. The summed E-state index contributed by atoms with van der Waals surface area (Å²) in [6, 6.07) is 9.02. The van der Waals surface area contributed by atoms with Gasteiger partial charge in [-0.25, -0.2) is 0 Å². The Labute approximate surface area is 111 Å². The maximum atomic E-state index is 3.64. The maximum absolute atomic E-state index is 3.64. The number of thioether (sulfide) groups is 1. The van der Waals surface area contributed by atoms with Crippen molar-refractivity contribution in [3.8, 4) is 0 Å². The Morgan fingerprint density at radius 1 is 1.38 bits per heavy atom. The zero-order chi connectivity index (χ0) is 11.6. The number of rotatable bonds is 5. The number of halogens is 1. The molecule has 0 amide bonds. The molecule has 1 saturated carbocycles. The first-order valence-corrected chi connectivity index (χ1v) is 7.71. The Hall–Kier alpha value is 0.01000. The molecule has 1 aromatic carbocycles. The molecular weight excluding hydrogens is 282 g/mol. The summed E-state index contributed by atoms with van der Waals surface area (Å²) in [7, 11) is 0. The minimum atomic E-state index is 0.442. The van der Waals surface area contributed by atoms with Gasteiger partial charge in [-0.2, -0.15) is 11.8 Å². The van der Waals surface area contributed by atoms with Gasteiger partial charge in [0.25, 0.3) is 0 Å². The molecule has 16 heavy (non-hydrogen) atoms. The Kier molecular flexibility index (Phi) is 3.98. The van der Waals surface area contributed by atoms with Crippen molar-refractivity contribution in [3.05, 3.63) is 34.3 Å². The second-order valence-corrected chi connectivity index (χ2v) is 6.73. The van der Waals surface area contributed by atoms with Crippen LogP contribution in [0.15, 0.2) is 28.7 Å². The largest absolute Gasteiger partial charge is 0.309 e. The lowest BCUT2D eigenvalue weighted by Crippen LogP contribution is -2.28. The fraction of sp³-hybridized carbons (Fsp3) is 0.538. The van der Waals surface area contributed by atoms with Crippen LogP contribution in [-0.2, 0) is 0 Å². The van der Waals surface area contributed by atoms with Crippen LogP contribution in [0.4, 0.5) is 0 Å². The van der Waals surface area contributed by atoms with E-state index in [1.54, 1.807) is 0 Å². The Balaban J connectivity index is 1.88. The standard InChI is InChI=1S/C13H18BrNS/c1-10(11-3-5-12(14)6-4-11)15-9-13(16-2)7-8-13/h3-6,10,15H,7-9H2,1-2H3. The van der Waals surface area contributed by atoms with E-state index in [9.17, 15) is 0 Å². The van der Waals surface area contributed by atoms with Crippen LogP contribution in [0.1, 0.15) is 31.4 Å². The van der Waals surface area contributed by atoms with Crippen molar-refractivity contribution in [2.45, 2.75) is 30.6 Å². The zero-order valence-electron chi connectivity index (χ0n) is 9.79. The van der Waals surface area contributed by atoms with Crippen molar-refractivity contribution in [1.29, 1.82) is 0 Å². The van der Waals surface area contributed by atoms with Crippen LogP contribution in [-0.4, -0.2) is 17.5 Å². The lowest BCUT2D eigenvalue weighted by molar-refractivity contribution is 0.563. The van der Waals surface area contributed by atoms with Gasteiger partial charge < -0.3 is 5.32 Å². The van der Waals surface area contributed by atoms with Gasteiger partial charge in [-0.05, 0) is 43.7 Å². The number of hydrogen-bond acceptors (Lipinski definition) is 2. The van der Waals surface area contributed by atoms with E-state index in [0.29, 0.717) is 10.8 Å². The SMILES string of the molecule is CSC1(CNC(C)c2ccc(Br)cc2)CC1. The smallest absolute Gasteiger partial charge is 0.0292 e. The molecule has 0 bridgehead atoms. The quantitative estimate of drug-likeness (QED) is 0.882. The van der Waals surface area contributed by atoms with Crippen LogP contribution in [0.25, 0.3) is 0 Å². The molecule has 0 spiro atoms. The van der Waals surface area contributed by atoms with Gasteiger partial charge in [0.05, 0.1) is 0 Å². The van der Waals surface area contributed by atoms with Crippen LogP contribution in [0.5, 0.6) is 0 Å². The third-order valence-electron chi connectivity index (χ3n) is 3.34. The molecule has 1 nitrogen and oxygen atoms in total. The molecule has 1 aliphatic carbocycles. The fourth-order valence-electron chi connectivity index (χ4n) is 1.80. The first-order valence-electron chi connectivity index (χ1n) is 5.69. The lowest BCUT2D eigenvalue weighted by Gasteiger charge is -2.19. The van der Waals surface area contributed by atoms with Crippen molar-refractivity contribution in [1.82, 2.24) is 5.32 Å². The molecule has 1 N–H and O–H groups in total. The van der Waals surface area contributed by atoms with E-state index >= 15 is 0 Å². The number of benzene rings is 1. The third kappa shape index (κ3) is 3.02. The van der Waals surface area contributed by atoms with E-state index in [2.05, 4.69) is 58.7 Å². The monoisotopic (exact) mass is 299 g/mol.